The molecular formula is C15H20N4O2. The molecule has 1 aromatic heterocycles. The average molecular weight is 288 g/mol. The van der Waals surface area contributed by atoms with Crippen LogP contribution in [0.4, 0.5) is 5.69 Å². The standard InChI is InChI=1S/C15H20N4O2/c1-15(2,3)16-9-14(21)17-11-6-4-10(5-7-11)12-8-13(20)19-18-12/h4-8,16H,9H2,1-3H3,(H,17,21)(H2,18,19,20). The molecular weight excluding hydrogens is 268 g/mol. The summed E-state index contributed by atoms with van der Waals surface area (Å²) in [5, 5.41) is 11.2. The van der Waals surface area contributed by atoms with E-state index in [1.807, 2.05) is 32.9 Å². The van der Waals surface area contributed by atoms with Crippen LogP contribution in [0.1, 0.15) is 20.8 Å². The van der Waals surface area contributed by atoms with Crippen molar-refractivity contribution in [2.75, 3.05) is 11.9 Å². The Kier molecular flexibility index (Phi) is 4.28. The molecule has 0 bridgehead atoms. The van der Waals surface area contributed by atoms with Crippen LogP contribution in [0.2, 0.25) is 0 Å². The molecule has 0 aliphatic carbocycles. The fourth-order valence-corrected chi connectivity index (χ4v) is 1.77. The highest BCUT2D eigenvalue weighted by Gasteiger charge is 2.11. The molecule has 2 aromatic rings. The van der Waals surface area contributed by atoms with Crippen LogP contribution >= 0.6 is 0 Å². The molecule has 0 atom stereocenters. The summed E-state index contributed by atoms with van der Waals surface area (Å²) < 4.78 is 0. The number of amides is 1. The van der Waals surface area contributed by atoms with Gasteiger partial charge < -0.3 is 10.6 Å². The zero-order valence-corrected chi connectivity index (χ0v) is 12.4. The highest BCUT2D eigenvalue weighted by atomic mass is 16.2. The van der Waals surface area contributed by atoms with Crippen molar-refractivity contribution in [3.8, 4) is 11.3 Å². The van der Waals surface area contributed by atoms with E-state index in [0.717, 1.165) is 11.3 Å². The summed E-state index contributed by atoms with van der Waals surface area (Å²) >= 11 is 0. The number of carbonyl (C=O) groups excluding carboxylic acids is 1. The Morgan fingerprint density at radius 2 is 1.81 bits per heavy atom. The minimum atomic E-state index is -0.171. The van der Waals surface area contributed by atoms with Gasteiger partial charge in [0.2, 0.25) is 5.91 Å². The Morgan fingerprint density at radius 1 is 1.14 bits per heavy atom. The van der Waals surface area contributed by atoms with E-state index in [0.29, 0.717) is 5.69 Å². The van der Waals surface area contributed by atoms with Crippen molar-refractivity contribution in [1.29, 1.82) is 0 Å². The Labute approximate surface area is 122 Å². The third-order valence-corrected chi connectivity index (χ3v) is 2.85. The largest absolute Gasteiger partial charge is 0.325 e. The maximum absolute atomic E-state index is 11.8. The van der Waals surface area contributed by atoms with Crippen molar-refractivity contribution < 1.29 is 4.79 Å². The number of H-pyrrole nitrogens is 2. The first-order valence-electron chi connectivity index (χ1n) is 6.76. The lowest BCUT2D eigenvalue weighted by molar-refractivity contribution is -0.115. The summed E-state index contributed by atoms with van der Waals surface area (Å²) in [6, 6.07) is 8.77. The van der Waals surface area contributed by atoms with Gasteiger partial charge in [-0.15, -0.1) is 0 Å². The van der Waals surface area contributed by atoms with E-state index in [9.17, 15) is 9.59 Å². The minimum Gasteiger partial charge on any atom is -0.325 e. The molecule has 6 heteroatoms. The van der Waals surface area contributed by atoms with E-state index in [2.05, 4.69) is 20.8 Å². The monoisotopic (exact) mass is 288 g/mol. The zero-order chi connectivity index (χ0) is 15.5. The van der Waals surface area contributed by atoms with E-state index in [1.54, 1.807) is 12.1 Å². The van der Waals surface area contributed by atoms with Crippen LogP contribution in [-0.4, -0.2) is 28.2 Å². The van der Waals surface area contributed by atoms with E-state index in [1.165, 1.54) is 6.07 Å². The molecule has 0 radical (unpaired) electrons. The van der Waals surface area contributed by atoms with Gasteiger partial charge in [-0.3, -0.25) is 19.8 Å². The normalized spacial score (nSPS) is 11.4. The summed E-state index contributed by atoms with van der Waals surface area (Å²) in [4.78, 5) is 22.9. The van der Waals surface area contributed by atoms with Crippen molar-refractivity contribution in [3.63, 3.8) is 0 Å². The lowest BCUT2D eigenvalue weighted by atomic mass is 10.1. The van der Waals surface area contributed by atoms with Gasteiger partial charge in [0.25, 0.3) is 5.56 Å². The van der Waals surface area contributed by atoms with Gasteiger partial charge in [0, 0.05) is 17.3 Å². The number of hydrogen-bond donors (Lipinski definition) is 4. The van der Waals surface area contributed by atoms with Gasteiger partial charge in [0.15, 0.2) is 0 Å². The molecule has 6 nitrogen and oxygen atoms in total. The topological polar surface area (TPSA) is 89.8 Å². The molecule has 0 unspecified atom stereocenters. The van der Waals surface area contributed by atoms with Crippen molar-refractivity contribution >= 4 is 11.6 Å². The van der Waals surface area contributed by atoms with Gasteiger partial charge in [-0.2, -0.15) is 0 Å². The van der Waals surface area contributed by atoms with E-state index in [4.69, 9.17) is 0 Å². The molecule has 0 fully saturated rings. The van der Waals surface area contributed by atoms with Crippen LogP contribution in [0.15, 0.2) is 35.1 Å². The molecule has 21 heavy (non-hydrogen) atoms. The van der Waals surface area contributed by atoms with E-state index in [-0.39, 0.29) is 23.6 Å². The van der Waals surface area contributed by atoms with Gasteiger partial charge in [-0.05, 0) is 38.5 Å². The first kappa shape index (κ1) is 15.1. The van der Waals surface area contributed by atoms with Crippen LogP contribution in [0, 0.1) is 0 Å². The molecule has 4 N–H and O–H groups in total. The van der Waals surface area contributed by atoms with Crippen LogP contribution in [-0.2, 0) is 4.79 Å². The Morgan fingerprint density at radius 3 is 2.33 bits per heavy atom. The highest BCUT2D eigenvalue weighted by Crippen LogP contribution is 2.17. The first-order chi connectivity index (χ1) is 9.83. The van der Waals surface area contributed by atoms with Crippen molar-refractivity contribution in [2.45, 2.75) is 26.3 Å². The lowest BCUT2D eigenvalue weighted by Gasteiger charge is -2.20. The molecule has 1 aromatic carbocycles. The number of carbonyl (C=O) groups is 1. The summed E-state index contributed by atoms with van der Waals surface area (Å²) in [6.07, 6.45) is 0. The van der Waals surface area contributed by atoms with Gasteiger partial charge >= 0.3 is 0 Å². The molecule has 2 rings (SSSR count). The third-order valence-electron chi connectivity index (χ3n) is 2.85. The van der Waals surface area contributed by atoms with Crippen LogP contribution in [0.3, 0.4) is 0 Å². The molecule has 0 aliphatic rings. The van der Waals surface area contributed by atoms with Crippen molar-refractivity contribution in [3.05, 3.63) is 40.7 Å². The van der Waals surface area contributed by atoms with Gasteiger partial charge in [0.1, 0.15) is 0 Å². The molecule has 1 amide bonds. The number of aromatic amines is 2. The maximum atomic E-state index is 11.8. The Hall–Kier alpha value is -2.34. The number of rotatable bonds is 4. The Bertz CT molecular complexity index is 662. The fourth-order valence-electron chi connectivity index (χ4n) is 1.77. The second kappa shape index (κ2) is 5.97. The van der Waals surface area contributed by atoms with Crippen LogP contribution in [0.25, 0.3) is 11.3 Å². The molecule has 0 saturated carbocycles. The number of nitrogens with one attached hydrogen (secondary N) is 4. The summed E-state index contributed by atoms with van der Waals surface area (Å²) in [5.74, 6) is -0.0901. The number of anilines is 1. The number of aromatic nitrogens is 2. The van der Waals surface area contributed by atoms with Crippen LogP contribution < -0.4 is 16.2 Å². The Balaban J connectivity index is 1.96. The van der Waals surface area contributed by atoms with Gasteiger partial charge in [-0.25, -0.2) is 0 Å². The predicted molar refractivity (Wildman–Crippen MR) is 83.2 cm³/mol. The molecule has 0 saturated heterocycles. The van der Waals surface area contributed by atoms with Gasteiger partial charge in [-0.1, -0.05) is 12.1 Å². The summed E-state index contributed by atoms with van der Waals surface area (Å²) in [6.45, 7) is 6.28. The second-order valence-electron chi connectivity index (χ2n) is 5.90. The second-order valence-corrected chi connectivity index (χ2v) is 5.90. The maximum Gasteiger partial charge on any atom is 0.264 e. The zero-order valence-electron chi connectivity index (χ0n) is 12.4. The SMILES string of the molecule is CC(C)(C)NCC(=O)Nc1ccc(-c2cc(=O)[nH][nH]2)cc1. The predicted octanol–water partition coefficient (Wildman–Crippen LogP) is 1.70. The van der Waals surface area contributed by atoms with Crippen molar-refractivity contribution in [1.82, 2.24) is 15.5 Å². The summed E-state index contributed by atoms with van der Waals surface area (Å²) in [5.41, 5.74) is 2.04. The van der Waals surface area contributed by atoms with E-state index >= 15 is 0 Å². The molecule has 1 heterocycles. The quantitative estimate of drug-likeness (QED) is 0.690. The minimum absolute atomic E-state index is 0.0901. The number of hydrogen-bond acceptors (Lipinski definition) is 3. The van der Waals surface area contributed by atoms with Gasteiger partial charge in [0.05, 0.1) is 12.2 Å². The summed E-state index contributed by atoms with van der Waals surface area (Å²) in [7, 11) is 0. The smallest absolute Gasteiger partial charge is 0.264 e. The molecule has 112 valence electrons. The van der Waals surface area contributed by atoms with Crippen LogP contribution in [0.5, 0.6) is 0 Å². The highest BCUT2D eigenvalue weighted by molar-refractivity contribution is 5.92. The molecule has 0 spiro atoms. The first-order valence-corrected chi connectivity index (χ1v) is 6.76. The number of benzene rings is 1. The molecule has 0 aliphatic heterocycles. The third kappa shape index (κ3) is 4.61. The fraction of sp³-hybridized carbons (Fsp3) is 0.333. The lowest BCUT2D eigenvalue weighted by Crippen LogP contribution is -2.41. The van der Waals surface area contributed by atoms with E-state index < -0.39 is 0 Å². The van der Waals surface area contributed by atoms with Crippen molar-refractivity contribution in [2.24, 2.45) is 0 Å². The average Bonchev–Trinajstić information content (AvgIpc) is 2.83.